The number of ether oxygens (including phenoxy) is 1. The fraction of sp³-hybridized carbons (Fsp3) is 0.941. The lowest BCUT2D eigenvalue weighted by Crippen LogP contribution is -2.51. The highest BCUT2D eigenvalue weighted by molar-refractivity contribution is 5.68. The summed E-state index contributed by atoms with van der Waals surface area (Å²) >= 11 is 0. The Bertz CT molecular complexity index is 320. The highest BCUT2D eigenvalue weighted by Gasteiger charge is 2.25. The SMILES string of the molecule is CCCC(C)CNCCN1CCN(C(=O)OC(C)(C)C)CC1. The molecule has 1 rings (SSSR count). The van der Waals surface area contributed by atoms with Crippen LogP contribution in [0.5, 0.6) is 0 Å². The van der Waals surface area contributed by atoms with Crippen LogP contribution in [0, 0.1) is 5.92 Å². The highest BCUT2D eigenvalue weighted by Crippen LogP contribution is 2.11. The summed E-state index contributed by atoms with van der Waals surface area (Å²) in [5, 5.41) is 3.54. The van der Waals surface area contributed by atoms with E-state index in [1.807, 2.05) is 25.7 Å². The molecule has 5 nitrogen and oxygen atoms in total. The van der Waals surface area contributed by atoms with Crippen LogP contribution in [-0.2, 0) is 4.74 Å². The Morgan fingerprint density at radius 2 is 1.86 bits per heavy atom. The van der Waals surface area contributed by atoms with Gasteiger partial charge in [0.2, 0.25) is 0 Å². The molecule has 1 aliphatic rings. The molecular weight excluding hydrogens is 278 g/mol. The molecule has 0 saturated carbocycles. The van der Waals surface area contributed by atoms with Crippen LogP contribution in [0.4, 0.5) is 4.79 Å². The van der Waals surface area contributed by atoms with Crippen molar-refractivity contribution < 1.29 is 9.53 Å². The second kappa shape index (κ2) is 9.36. The summed E-state index contributed by atoms with van der Waals surface area (Å²) in [4.78, 5) is 16.2. The normalized spacial score (nSPS) is 18.3. The molecule has 22 heavy (non-hydrogen) atoms. The Kier molecular flexibility index (Phi) is 8.18. The van der Waals surface area contributed by atoms with Crippen molar-refractivity contribution in [2.75, 3.05) is 45.8 Å². The number of carbonyl (C=O) groups excluding carboxylic acids is 1. The van der Waals surface area contributed by atoms with Gasteiger partial charge in [-0.25, -0.2) is 4.79 Å². The lowest BCUT2D eigenvalue weighted by Gasteiger charge is -2.35. The van der Waals surface area contributed by atoms with Gasteiger partial charge in [-0.2, -0.15) is 0 Å². The summed E-state index contributed by atoms with van der Waals surface area (Å²) in [6.07, 6.45) is 2.37. The summed E-state index contributed by atoms with van der Waals surface area (Å²) in [5.74, 6) is 0.758. The van der Waals surface area contributed by atoms with Crippen molar-refractivity contribution in [1.82, 2.24) is 15.1 Å². The molecule has 0 aromatic rings. The number of hydrogen-bond donors (Lipinski definition) is 1. The minimum atomic E-state index is -0.409. The van der Waals surface area contributed by atoms with E-state index in [1.54, 1.807) is 0 Å². The van der Waals surface area contributed by atoms with E-state index in [0.717, 1.165) is 51.7 Å². The maximum atomic E-state index is 12.0. The number of nitrogens with zero attached hydrogens (tertiary/aromatic N) is 2. The Morgan fingerprint density at radius 1 is 1.23 bits per heavy atom. The molecule has 1 fully saturated rings. The fourth-order valence-corrected chi connectivity index (χ4v) is 2.66. The molecule has 1 aliphatic heterocycles. The van der Waals surface area contributed by atoms with Gasteiger partial charge in [-0.15, -0.1) is 0 Å². The first-order chi connectivity index (χ1) is 10.3. The maximum Gasteiger partial charge on any atom is 0.410 e. The first-order valence-corrected chi connectivity index (χ1v) is 8.73. The van der Waals surface area contributed by atoms with Crippen molar-refractivity contribution in [2.24, 2.45) is 5.92 Å². The number of nitrogens with one attached hydrogen (secondary N) is 1. The molecule has 1 atom stereocenters. The van der Waals surface area contributed by atoms with Gasteiger partial charge in [0, 0.05) is 39.3 Å². The van der Waals surface area contributed by atoms with Crippen LogP contribution in [-0.4, -0.2) is 67.3 Å². The van der Waals surface area contributed by atoms with Crippen LogP contribution in [0.3, 0.4) is 0 Å². The van der Waals surface area contributed by atoms with Crippen LogP contribution in [0.2, 0.25) is 0 Å². The smallest absolute Gasteiger partial charge is 0.410 e. The maximum absolute atomic E-state index is 12.0. The molecule has 1 heterocycles. The predicted octanol–water partition coefficient (Wildman–Crippen LogP) is 2.56. The molecule has 5 heteroatoms. The van der Waals surface area contributed by atoms with Crippen LogP contribution >= 0.6 is 0 Å². The second-order valence-electron chi connectivity index (χ2n) is 7.41. The fourth-order valence-electron chi connectivity index (χ4n) is 2.66. The average molecular weight is 313 g/mol. The first-order valence-electron chi connectivity index (χ1n) is 8.73. The Balaban J connectivity index is 2.14. The molecule has 1 N–H and O–H groups in total. The van der Waals surface area contributed by atoms with Gasteiger partial charge in [0.25, 0.3) is 0 Å². The first kappa shape index (κ1) is 19.2. The van der Waals surface area contributed by atoms with Crippen molar-refractivity contribution in [2.45, 2.75) is 53.1 Å². The van der Waals surface area contributed by atoms with E-state index in [2.05, 4.69) is 24.1 Å². The highest BCUT2D eigenvalue weighted by atomic mass is 16.6. The van der Waals surface area contributed by atoms with Gasteiger partial charge in [0.1, 0.15) is 5.60 Å². The zero-order valence-corrected chi connectivity index (χ0v) is 15.2. The zero-order valence-electron chi connectivity index (χ0n) is 15.2. The Hall–Kier alpha value is -0.810. The molecule has 0 aromatic heterocycles. The molecular formula is C17H35N3O2. The monoisotopic (exact) mass is 313 g/mol. The van der Waals surface area contributed by atoms with Gasteiger partial charge in [-0.3, -0.25) is 4.90 Å². The Labute approximate surface area is 136 Å². The van der Waals surface area contributed by atoms with Crippen molar-refractivity contribution in [1.29, 1.82) is 0 Å². The lowest BCUT2D eigenvalue weighted by molar-refractivity contribution is 0.0146. The number of piperazine rings is 1. The third-order valence-electron chi connectivity index (χ3n) is 3.90. The van der Waals surface area contributed by atoms with E-state index in [1.165, 1.54) is 12.8 Å². The van der Waals surface area contributed by atoms with Crippen molar-refractivity contribution >= 4 is 6.09 Å². The molecule has 0 bridgehead atoms. The van der Waals surface area contributed by atoms with Gasteiger partial charge >= 0.3 is 6.09 Å². The molecule has 0 radical (unpaired) electrons. The van der Waals surface area contributed by atoms with E-state index in [0.29, 0.717) is 0 Å². The van der Waals surface area contributed by atoms with E-state index in [9.17, 15) is 4.79 Å². The largest absolute Gasteiger partial charge is 0.444 e. The van der Waals surface area contributed by atoms with Crippen LogP contribution in [0.1, 0.15) is 47.5 Å². The molecule has 130 valence electrons. The topological polar surface area (TPSA) is 44.8 Å². The molecule has 1 amide bonds. The van der Waals surface area contributed by atoms with Crippen molar-refractivity contribution in [3.05, 3.63) is 0 Å². The number of amides is 1. The molecule has 0 spiro atoms. The van der Waals surface area contributed by atoms with Crippen LogP contribution < -0.4 is 5.32 Å². The van der Waals surface area contributed by atoms with Gasteiger partial charge in [-0.05, 0) is 39.7 Å². The van der Waals surface area contributed by atoms with E-state index in [4.69, 9.17) is 4.74 Å². The second-order valence-corrected chi connectivity index (χ2v) is 7.41. The van der Waals surface area contributed by atoms with Crippen molar-refractivity contribution in [3.8, 4) is 0 Å². The third kappa shape index (κ3) is 7.99. The summed E-state index contributed by atoms with van der Waals surface area (Å²) in [5.41, 5.74) is -0.409. The van der Waals surface area contributed by atoms with Gasteiger partial charge < -0.3 is 15.0 Å². The molecule has 1 saturated heterocycles. The van der Waals surface area contributed by atoms with Crippen LogP contribution in [0.25, 0.3) is 0 Å². The minimum Gasteiger partial charge on any atom is -0.444 e. The average Bonchev–Trinajstić information content (AvgIpc) is 2.43. The standard InChI is InChI=1S/C17H35N3O2/c1-6-7-15(2)14-18-8-9-19-10-12-20(13-11-19)16(21)22-17(3,4)5/h15,18H,6-14H2,1-5H3. The van der Waals surface area contributed by atoms with E-state index in [-0.39, 0.29) is 6.09 Å². The zero-order chi connectivity index (χ0) is 16.6. The lowest BCUT2D eigenvalue weighted by atomic mass is 10.1. The van der Waals surface area contributed by atoms with E-state index < -0.39 is 5.60 Å². The predicted molar refractivity (Wildman–Crippen MR) is 91.2 cm³/mol. The molecule has 0 aromatic carbocycles. The molecule has 0 aliphatic carbocycles. The summed E-state index contributed by atoms with van der Waals surface area (Å²) in [7, 11) is 0. The third-order valence-corrected chi connectivity index (χ3v) is 3.90. The quantitative estimate of drug-likeness (QED) is 0.734. The number of rotatable bonds is 7. The summed E-state index contributed by atoms with van der Waals surface area (Å²) in [6, 6.07) is 0. The van der Waals surface area contributed by atoms with Crippen LogP contribution in [0.15, 0.2) is 0 Å². The van der Waals surface area contributed by atoms with Gasteiger partial charge in [0.05, 0.1) is 0 Å². The number of hydrogen-bond acceptors (Lipinski definition) is 4. The minimum absolute atomic E-state index is 0.182. The van der Waals surface area contributed by atoms with Gasteiger partial charge in [0.15, 0.2) is 0 Å². The summed E-state index contributed by atoms with van der Waals surface area (Å²) < 4.78 is 5.42. The van der Waals surface area contributed by atoms with Crippen molar-refractivity contribution in [3.63, 3.8) is 0 Å². The molecule has 1 unspecified atom stereocenters. The number of carbonyl (C=O) groups is 1. The van der Waals surface area contributed by atoms with Gasteiger partial charge in [-0.1, -0.05) is 20.3 Å². The van der Waals surface area contributed by atoms with E-state index >= 15 is 0 Å². The summed E-state index contributed by atoms with van der Waals surface area (Å²) in [6.45, 7) is 16.9. The Morgan fingerprint density at radius 3 is 2.41 bits per heavy atom.